The van der Waals surface area contributed by atoms with E-state index in [4.69, 9.17) is 9.47 Å². The zero-order valence-electron chi connectivity index (χ0n) is 17.7. The Morgan fingerprint density at radius 2 is 1.83 bits per heavy atom. The summed E-state index contributed by atoms with van der Waals surface area (Å²) in [7, 11) is 0. The molecule has 0 saturated carbocycles. The lowest BCUT2D eigenvalue weighted by Crippen LogP contribution is -2.10. The van der Waals surface area contributed by atoms with Crippen LogP contribution >= 0.6 is 0 Å². The largest absolute Gasteiger partial charge is 0.460 e. The van der Waals surface area contributed by atoms with Gasteiger partial charge < -0.3 is 14.8 Å². The minimum Gasteiger partial charge on any atom is -0.460 e. The molecule has 2 aromatic carbocycles. The quantitative estimate of drug-likeness (QED) is 0.503. The number of aryl methyl sites for hydroxylation is 1. The summed E-state index contributed by atoms with van der Waals surface area (Å²) < 4.78 is 12.8. The summed E-state index contributed by atoms with van der Waals surface area (Å²) in [5.74, 6) is 0.707. The smallest absolute Gasteiger partial charge is 0.336 e. The molecule has 7 heteroatoms. The lowest BCUT2D eigenvalue weighted by atomic mass is 10.1. The number of hydrogen-bond acceptors (Lipinski definition) is 5. The molecule has 0 radical (unpaired) electrons. The van der Waals surface area contributed by atoms with Crippen molar-refractivity contribution in [1.29, 1.82) is 0 Å². The van der Waals surface area contributed by atoms with E-state index in [9.17, 15) is 4.79 Å². The summed E-state index contributed by atoms with van der Waals surface area (Å²) >= 11 is 0. The number of rotatable bonds is 10. The van der Waals surface area contributed by atoms with Gasteiger partial charge in [0, 0.05) is 24.3 Å². The average Bonchev–Trinajstić information content (AvgIpc) is 3.16. The average molecular weight is 409 g/mol. The molecule has 0 saturated heterocycles. The third-order valence-corrected chi connectivity index (χ3v) is 4.51. The first-order valence-corrected chi connectivity index (χ1v) is 10.3. The fraction of sp³-hybridized carbons (Fsp3) is 0.348. The lowest BCUT2D eigenvalue weighted by molar-refractivity contribution is -0.116. The van der Waals surface area contributed by atoms with Crippen molar-refractivity contribution < 1.29 is 14.3 Å². The van der Waals surface area contributed by atoms with E-state index in [-0.39, 0.29) is 5.91 Å². The number of anilines is 1. The van der Waals surface area contributed by atoms with E-state index < -0.39 is 0 Å². The van der Waals surface area contributed by atoms with Gasteiger partial charge in [0.1, 0.15) is 6.61 Å². The van der Waals surface area contributed by atoms with E-state index in [0.29, 0.717) is 38.1 Å². The van der Waals surface area contributed by atoms with Crippen molar-refractivity contribution in [2.75, 3.05) is 25.1 Å². The summed E-state index contributed by atoms with van der Waals surface area (Å²) in [5, 5.41) is 7.46. The predicted octanol–water partition coefficient (Wildman–Crippen LogP) is 4.40. The van der Waals surface area contributed by atoms with Gasteiger partial charge >= 0.3 is 6.01 Å². The van der Waals surface area contributed by atoms with Crippen LogP contribution in [0.25, 0.3) is 17.1 Å². The highest BCUT2D eigenvalue weighted by molar-refractivity contribution is 5.90. The molecule has 1 heterocycles. The Morgan fingerprint density at radius 3 is 2.53 bits per heavy atom. The van der Waals surface area contributed by atoms with Crippen molar-refractivity contribution in [3.63, 3.8) is 0 Å². The Bertz CT molecular complexity index is 967. The maximum Gasteiger partial charge on any atom is 0.336 e. The third-order valence-electron chi connectivity index (χ3n) is 4.51. The number of benzene rings is 2. The number of aromatic nitrogens is 3. The first-order valence-electron chi connectivity index (χ1n) is 10.3. The molecule has 30 heavy (non-hydrogen) atoms. The molecule has 0 fully saturated rings. The molecule has 1 amide bonds. The highest BCUT2D eigenvalue weighted by Gasteiger charge is 2.16. The monoisotopic (exact) mass is 408 g/mol. The van der Waals surface area contributed by atoms with Crippen LogP contribution in [-0.4, -0.2) is 40.5 Å². The first-order chi connectivity index (χ1) is 14.6. The first kappa shape index (κ1) is 21.5. The molecule has 0 aliphatic heterocycles. The minimum atomic E-state index is 0.0107. The van der Waals surface area contributed by atoms with Crippen LogP contribution in [0.2, 0.25) is 0 Å². The van der Waals surface area contributed by atoms with Crippen molar-refractivity contribution in [2.45, 2.75) is 33.6 Å². The van der Waals surface area contributed by atoms with Crippen LogP contribution in [0, 0.1) is 6.92 Å². The number of carbonyl (C=O) groups is 1. The van der Waals surface area contributed by atoms with Crippen LogP contribution in [-0.2, 0) is 9.53 Å². The molecular weight excluding hydrogens is 380 g/mol. The number of carbonyl (C=O) groups excluding carboxylic acids is 1. The van der Waals surface area contributed by atoms with E-state index in [2.05, 4.69) is 15.4 Å². The molecule has 0 bridgehead atoms. The Balaban J connectivity index is 1.89. The van der Waals surface area contributed by atoms with Crippen molar-refractivity contribution in [3.05, 3.63) is 54.1 Å². The molecule has 7 nitrogen and oxygen atoms in total. The van der Waals surface area contributed by atoms with Gasteiger partial charge in [-0.1, -0.05) is 31.2 Å². The predicted molar refractivity (Wildman–Crippen MR) is 117 cm³/mol. The third kappa shape index (κ3) is 5.45. The maximum atomic E-state index is 11.8. The second-order valence-electron chi connectivity index (χ2n) is 6.84. The highest BCUT2D eigenvalue weighted by Crippen LogP contribution is 2.26. The summed E-state index contributed by atoms with van der Waals surface area (Å²) in [6.45, 7) is 7.47. The van der Waals surface area contributed by atoms with Gasteiger partial charge in [0.05, 0.1) is 12.3 Å². The summed E-state index contributed by atoms with van der Waals surface area (Å²) in [5.41, 5.74) is 3.65. The summed E-state index contributed by atoms with van der Waals surface area (Å²) in [6.07, 6.45) is 1.32. The summed E-state index contributed by atoms with van der Waals surface area (Å²) in [4.78, 5) is 16.4. The fourth-order valence-corrected chi connectivity index (χ4v) is 3.01. The lowest BCUT2D eigenvalue weighted by Gasteiger charge is -2.09. The molecule has 0 aliphatic rings. The van der Waals surface area contributed by atoms with E-state index in [0.717, 1.165) is 28.9 Å². The van der Waals surface area contributed by atoms with E-state index in [1.807, 2.05) is 69.3 Å². The van der Waals surface area contributed by atoms with Gasteiger partial charge in [-0.25, -0.2) is 4.68 Å². The molecule has 3 rings (SSSR count). The van der Waals surface area contributed by atoms with Gasteiger partial charge in [-0.3, -0.25) is 4.79 Å². The van der Waals surface area contributed by atoms with Crippen LogP contribution in [0.1, 0.15) is 32.3 Å². The van der Waals surface area contributed by atoms with E-state index >= 15 is 0 Å². The second-order valence-corrected chi connectivity index (χ2v) is 6.84. The molecule has 3 aromatic rings. The van der Waals surface area contributed by atoms with Crippen molar-refractivity contribution in [1.82, 2.24) is 14.8 Å². The minimum absolute atomic E-state index is 0.0107. The van der Waals surface area contributed by atoms with Crippen molar-refractivity contribution in [2.24, 2.45) is 0 Å². The van der Waals surface area contributed by atoms with Gasteiger partial charge in [0.25, 0.3) is 0 Å². The fourth-order valence-electron chi connectivity index (χ4n) is 3.01. The molecule has 0 spiro atoms. The van der Waals surface area contributed by atoms with Gasteiger partial charge in [0.2, 0.25) is 5.91 Å². The van der Waals surface area contributed by atoms with Gasteiger partial charge in [0.15, 0.2) is 5.82 Å². The van der Waals surface area contributed by atoms with Crippen LogP contribution in [0.5, 0.6) is 6.01 Å². The zero-order chi connectivity index (χ0) is 21.3. The molecular formula is C23H28N4O3. The highest BCUT2D eigenvalue weighted by atomic mass is 16.5. The van der Waals surface area contributed by atoms with Gasteiger partial charge in [-0.05, 0) is 50.1 Å². The molecule has 1 aromatic heterocycles. The van der Waals surface area contributed by atoms with Crippen molar-refractivity contribution in [3.8, 4) is 23.1 Å². The Labute approximate surface area is 177 Å². The molecule has 158 valence electrons. The Kier molecular flexibility index (Phi) is 7.57. The van der Waals surface area contributed by atoms with Gasteiger partial charge in [-0.15, -0.1) is 5.10 Å². The van der Waals surface area contributed by atoms with E-state index in [1.165, 1.54) is 0 Å². The molecule has 0 unspecified atom stereocenters. The Morgan fingerprint density at radius 1 is 1.07 bits per heavy atom. The van der Waals surface area contributed by atoms with Crippen LogP contribution < -0.4 is 10.1 Å². The topological polar surface area (TPSA) is 78.3 Å². The van der Waals surface area contributed by atoms with Crippen LogP contribution in [0.15, 0.2) is 48.5 Å². The maximum absolute atomic E-state index is 11.8. The van der Waals surface area contributed by atoms with Crippen LogP contribution in [0.3, 0.4) is 0 Å². The summed E-state index contributed by atoms with van der Waals surface area (Å²) in [6, 6.07) is 15.9. The molecule has 0 aliphatic carbocycles. The Hall–Kier alpha value is -3.19. The number of amides is 1. The standard InChI is InChI=1S/C23H28N4O3/c1-4-8-21(28)24-18-11-13-19(14-12-18)27-22(20-10-7-6-9-17(20)3)25-23(26-27)30-16-15-29-5-2/h6-7,9-14H,4-5,8,15-16H2,1-3H3,(H,24,28). The molecule has 1 N–H and O–H groups in total. The van der Waals surface area contributed by atoms with Crippen LogP contribution in [0.4, 0.5) is 5.69 Å². The number of hydrogen-bond donors (Lipinski definition) is 1. The normalized spacial score (nSPS) is 10.8. The zero-order valence-corrected chi connectivity index (χ0v) is 17.7. The second kappa shape index (κ2) is 10.5. The SMILES string of the molecule is CCCC(=O)Nc1ccc(-n2nc(OCCOCC)nc2-c2ccccc2C)cc1. The van der Waals surface area contributed by atoms with Gasteiger partial charge in [-0.2, -0.15) is 4.98 Å². The number of nitrogens with zero attached hydrogens (tertiary/aromatic N) is 3. The van der Waals surface area contributed by atoms with Crippen molar-refractivity contribution >= 4 is 11.6 Å². The number of ether oxygens (including phenoxy) is 2. The number of nitrogens with one attached hydrogen (secondary N) is 1. The molecule has 0 atom stereocenters. The van der Waals surface area contributed by atoms with E-state index in [1.54, 1.807) is 4.68 Å².